The molecular formula is C13H21N3. The lowest BCUT2D eigenvalue weighted by atomic mass is 9.80. The molecule has 3 heteroatoms. The van der Waals surface area contributed by atoms with Crippen LogP contribution in [0.2, 0.25) is 0 Å². The van der Waals surface area contributed by atoms with Crippen molar-refractivity contribution in [3.05, 3.63) is 18.1 Å². The zero-order chi connectivity index (χ0) is 11.4. The zero-order valence-corrected chi connectivity index (χ0v) is 10.2. The van der Waals surface area contributed by atoms with E-state index < -0.39 is 0 Å². The quantitative estimate of drug-likeness (QED) is 0.849. The van der Waals surface area contributed by atoms with Gasteiger partial charge in [-0.15, -0.1) is 0 Å². The number of nitrogens with zero attached hydrogens (tertiary/aromatic N) is 2. The summed E-state index contributed by atoms with van der Waals surface area (Å²) in [6.45, 7) is 5.38. The highest BCUT2D eigenvalue weighted by Gasteiger charge is 2.20. The van der Waals surface area contributed by atoms with E-state index in [9.17, 15) is 0 Å². The van der Waals surface area contributed by atoms with Crippen molar-refractivity contribution in [3.63, 3.8) is 0 Å². The van der Waals surface area contributed by atoms with Crippen molar-refractivity contribution in [2.45, 2.75) is 39.5 Å². The van der Waals surface area contributed by atoms with Gasteiger partial charge in [0.2, 0.25) is 0 Å². The van der Waals surface area contributed by atoms with Gasteiger partial charge in [-0.05, 0) is 25.2 Å². The first-order valence-corrected chi connectivity index (χ1v) is 6.28. The van der Waals surface area contributed by atoms with Gasteiger partial charge in [0, 0.05) is 12.7 Å². The fourth-order valence-electron chi connectivity index (χ4n) is 2.48. The predicted octanol–water partition coefficient (Wildman–Crippen LogP) is 3.02. The molecule has 1 aromatic rings. The summed E-state index contributed by atoms with van der Waals surface area (Å²) in [7, 11) is 0. The summed E-state index contributed by atoms with van der Waals surface area (Å²) in [5.74, 6) is 2.56. The van der Waals surface area contributed by atoms with Gasteiger partial charge in [0.1, 0.15) is 5.82 Å². The molecule has 3 nitrogen and oxygen atoms in total. The number of hydrogen-bond donors (Lipinski definition) is 1. The molecule has 88 valence electrons. The lowest BCUT2D eigenvalue weighted by Crippen LogP contribution is -2.24. The standard InChI is InChI=1S/C13H21N3/c1-10-5-3-4-6-12(10)8-15-13-9-14-7-11(2)16-13/h7,9-10,12H,3-6,8H2,1-2H3,(H,15,16). The van der Waals surface area contributed by atoms with Gasteiger partial charge in [-0.3, -0.25) is 4.98 Å². The van der Waals surface area contributed by atoms with Crippen molar-refractivity contribution < 1.29 is 0 Å². The topological polar surface area (TPSA) is 37.8 Å². The van der Waals surface area contributed by atoms with Gasteiger partial charge in [-0.25, -0.2) is 4.98 Å². The molecule has 2 atom stereocenters. The third kappa shape index (κ3) is 2.94. The Kier molecular flexibility index (Phi) is 3.75. The monoisotopic (exact) mass is 219 g/mol. The van der Waals surface area contributed by atoms with Crippen LogP contribution in [0.5, 0.6) is 0 Å². The van der Waals surface area contributed by atoms with Gasteiger partial charge < -0.3 is 5.32 Å². The molecule has 0 aliphatic heterocycles. The van der Waals surface area contributed by atoms with Crippen molar-refractivity contribution in [2.75, 3.05) is 11.9 Å². The minimum atomic E-state index is 0.802. The highest BCUT2D eigenvalue weighted by Crippen LogP contribution is 2.29. The molecule has 16 heavy (non-hydrogen) atoms. The zero-order valence-electron chi connectivity index (χ0n) is 10.2. The van der Waals surface area contributed by atoms with Gasteiger partial charge in [0.25, 0.3) is 0 Å². The summed E-state index contributed by atoms with van der Waals surface area (Å²) < 4.78 is 0. The van der Waals surface area contributed by atoms with E-state index in [2.05, 4.69) is 22.2 Å². The molecule has 0 bridgehead atoms. The van der Waals surface area contributed by atoms with Gasteiger partial charge in [-0.1, -0.05) is 26.2 Å². The normalized spacial score (nSPS) is 25.4. The van der Waals surface area contributed by atoms with Crippen LogP contribution in [0.25, 0.3) is 0 Å². The molecule has 0 radical (unpaired) electrons. The van der Waals surface area contributed by atoms with E-state index in [1.807, 2.05) is 6.92 Å². The number of aryl methyl sites for hydroxylation is 1. The Morgan fingerprint density at radius 2 is 2.12 bits per heavy atom. The highest BCUT2D eigenvalue weighted by atomic mass is 15.0. The van der Waals surface area contributed by atoms with Crippen molar-refractivity contribution in [2.24, 2.45) is 11.8 Å². The van der Waals surface area contributed by atoms with Crippen LogP contribution < -0.4 is 5.32 Å². The van der Waals surface area contributed by atoms with Gasteiger partial charge in [0.05, 0.1) is 11.9 Å². The lowest BCUT2D eigenvalue weighted by Gasteiger charge is -2.28. The summed E-state index contributed by atoms with van der Waals surface area (Å²) >= 11 is 0. The van der Waals surface area contributed by atoms with E-state index in [1.54, 1.807) is 12.4 Å². The Balaban J connectivity index is 1.86. The maximum Gasteiger partial charge on any atom is 0.144 e. The average molecular weight is 219 g/mol. The molecular weight excluding hydrogens is 198 g/mol. The Bertz CT molecular complexity index is 338. The van der Waals surface area contributed by atoms with Gasteiger partial charge in [0.15, 0.2) is 0 Å². The molecule has 0 amide bonds. The molecule has 1 aromatic heterocycles. The van der Waals surface area contributed by atoms with Gasteiger partial charge in [-0.2, -0.15) is 0 Å². The number of anilines is 1. The minimum Gasteiger partial charge on any atom is -0.368 e. The highest BCUT2D eigenvalue weighted by molar-refractivity contribution is 5.31. The first-order valence-electron chi connectivity index (χ1n) is 6.28. The second-order valence-electron chi connectivity index (χ2n) is 4.95. The molecule has 1 heterocycles. The van der Waals surface area contributed by atoms with Crippen LogP contribution >= 0.6 is 0 Å². The van der Waals surface area contributed by atoms with Crippen LogP contribution in [0.4, 0.5) is 5.82 Å². The predicted molar refractivity (Wildman–Crippen MR) is 66.4 cm³/mol. The molecule has 0 aromatic carbocycles. The number of nitrogens with one attached hydrogen (secondary N) is 1. The van der Waals surface area contributed by atoms with Gasteiger partial charge >= 0.3 is 0 Å². The van der Waals surface area contributed by atoms with E-state index in [1.165, 1.54) is 25.7 Å². The van der Waals surface area contributed by atoms with E-state index in [-0.39, 0.29) is 0 Å². The summed E-state index contributed by atoms with van der Waals surface area (Å²) in [5.41, 5.74) is 0.974. The van der Waals surface area contributed by atoms with Crippen molar-refractivity contribution in [1.29, 1.82) is 0 Å². The van der Waals surface area contributed by atoms with Crippen molar-refractivity contribution in [1.82, 2.24) is 9.97 Å². The van der Waals surface area contributed by atoms with Crippen molar-refractivity contribution >= 4 is 5.82 Å². The maximum atomic E-state index is 4.41. The van der Waals surface area contributed by atoms with Crippen LogP contribution in [0, 0.1) is 18.8 Å². The molecule has 1 aliphatic rings. The summed E-state index contributed by atoms with van der Waals surface area (Å²) in [4.78, 5) is 8.55. The SMILES string of the molecule is Cc1cncc(NCC2CCCCC2C)n1. The van der Waals surface area contributed by atoms with Crippen LogP contribution in [0.15, 0.2) is 12.4 Å². The van der Waals surface area contributed by atoms with E-state index in [4.69, 9.17) is 0 Å². The molecule has 1 aliphatic carbocycles. The molecule has 1 N–H and O–H groups in total. The third-order valence-electron chi connectivity index (χ3n) is 3.59. The molecule has 1 fully saturated rings. The van der Waals surface area contributed by atoms with Crippen LogP contribution in [0.3, 0.4) is 0 Å². The maximum absolute atomic E-state index is 4.41. The Labute approximate surface area is 97.7 Å². The number of hydrogen-bond acceptors (Lipinski definition) is 3. The van der Waals surface area contributed by atoms with Crippen LogP contribution in [-0.4, -0.2) is 16.5 Å². The number of aromatic nitrogens is 2. The molecule has 0 spiro atoms. The van der Waals surface area contributed by atoms with E-state index in [0.717, 1.165) is 29.9 Å². The second-order valence-corrected chi connectivity index (χ2v) is 4.95. The molecule has 2 unspecified atom stereocenters. The van der Waals surface area contributed by atoms with E-state index >= 15 is 0 Å². The summed E-state index contributed by atoms with van der Waals surface area (Å²) in [5, 5.41) is 3.41. The van der Waals surface area contributed by atoms with E-state index in [0.29, 0.717) is 0 Å². The molecule has 2 rings (SSSR count). The van der Waals surface area contributed by atoms with Crippen LogP contribution in [-0.2, 0) is 0 Å². The minimum absolute atomic E-state index is 0.802. The average Bonchev–Trinajstić information content (AvgIpc) is 2.28. The fraction of sp³-hybridized carbons (Fsp3) is 0.692. The largest absolute Gasteiger partial charge is 0.368 e. The Morgan fingerprint density at radius 1 is 1.31 bits per heavy atom. The lowest BCUT2D eigenvalue weighted by molar-refractivity contribution is 0.268. The fourth-order valence-corrected chi connectivity index (χ4v) is 2.48. The first kappa shape index (κ1) is 11.4. The summed E-state index contributed by atoms with van der Waals surface area (Å²) in [6, 6.07) is 0. The second kappa shape index (κ2) is 5.28. The smallest absolute Gasteiger partial charge is 0.144 e. The summed E-state index contributed by atoms with van der Waals surface area (Å²) in [6.07, 6.45) is 9.12. The van der Waals surface area contributed by atoms with Crippen LogP contribution in [0.1, 0.15) is 38.3 Å². The third-order valence-corrected chi connectivity index (χ3v) is 3.59. The molecule has 0 saturated heterocycles. The molecule has 1 saturated carbocycles. The first-order chi connectivity index (χ1) is 7.75. The Morgan fingerprint density at radius 3 is 2.88 bits per heavy atom. The Hall–Kier alpha value is -1.12. The van der Waals surface area contributed by atoms with Crippen molar-refractivity contribution in [3.8, 4) is 0 Å². The number of rotatable bonds is 3.